The highest BCUT2D eigenvalue weighted by atomic mass is 32.2. The maximum atomic E-state index is 11.9. The van der Waals surface area contributed by atoms with Gasteiger partial charge in [-0.25, -0.2) is 0 Å². The van der Waals surface area contributed by atoms with Crippen molar-refractivity contribution < 1.29 is 4.79 Å². The molecule has 92 valence electrons. The van der Waals surface area contributed by atoms with Crippen LogP contribution in [0.2, 0.25) is 0 Å². The normalized spacial score (nSPS) is 19.1. The zero-order chi connectivity index (χ0) is 12.4. The van der Waals surface area contributed by atoms with Crippen LogP contribution in [0.3, 0.4) is 0 Å². The van der Waals surface area contributed by atoms with Gasteiger partial charge in [-0.15, -0.1) is 11.8 Å². The third kappa shape index (κ3) is 2.48. The average molecular weight is 250 g/mol. The zero-order valence-corrected chi connectivity index (χ0v) is 11.2. The van der Waals surface area contributed by atoms with Gasteiger partial charge in [-0.1, -0.05) is 26.0 Å². The van der Waals surface area contributed by atoms with E-state index in [0.29, 0.717) is 12.5 Å². The monoisotopic (exact) mass is 250 g/mol. The molecule has 0 saturated heterocycles. The van der Waals surface area contributed by atoms with E-state index >= 15 is 0 Å². The lowest BCUT2D eigenvalue weighted by Gasteiger charge is -2.26. The number of carbonyl (C=O) groups is 1. The molecular weight excluding hydrogens is 232 g/mol. The summed E-state index contributed by atoms with van der Waals surface area (Å²) in [5, 5.41) is 6.07. The lowest BCUT2D eigenvalue weighted by Crippen LogP contribution is -2.36. The Balaban J connectivity index is 2.34. The second kappa shape index (κ2) is 5.10. The van der Waals surface area contributed by atoms with E-state index in [1.54, 1.807) is 11.8 Å². The minimum atomic E-state index is -0.0325. The van der Waals surface area contributed by atoms with Crippen molar-refractivity contribution in [2.24, 2.45) is 0 Å². The standard InChI is InChI=1S/C13H18N2OS/c1-8(2)9-5-4-6-10-12(9)15-13(16)11(17-10)7-14-3/h4-6,8,11,14H,7H2,1-3H3,(H,15,16). The minimum Gasteiger partial charge on any atom is -0.324 e. The topological polar surface area (TPSA) is 41.1 Å². The Morgan fingerprint density at radius 3 is 2.88 bits per heavy atom. The first-order valence-electron chi connectivity index (χ1n) is 5.88. The number of carbonyl (C=O) groups excluding carboxylic acids is 1. The lowest BCUT2D eigenvalue weighted by molar-refractivity contribution is -0.115. The van der Waals surface area contributed by atoms with Gasteiger partial charge in [-0.3, -0.25) is 4.79 Å². The highest BCUT2D eigenvalue weighted by Crippen LogP contribution is 2.39. The Kier molecular flexibility index (Phi) is 3.74. The molecule has 1 aromatic rings. The van der Waals surface area contributed by atoms with E-state index in [1.165, 1.54) is 10.5 Å². The van der Waals surface area contributed by atoms with Gasteiger partial charge in [0, 0.05) is 11.4 Å². The fraction of sp³-hybridized carbons (Fsp3) is 0.462. The third-order valence-corrected chi connectivity index (χ3v) is 4.14. The number of nitrogens with one attached hydrogen (secondary N) is 2. The molecule has 17 heavy (non-hydrogen) atoms. The van der Waals surface area contributed by atoms with Crippen molar-refractivity contribution in [1.82, 2.24) is 5.32 Å². The number of para-hydroxylation sites is 1. The molecule has 0 fully saturated rings. The van der Waals surface area contributed by atoms with E-state index in [-0.39, 0.29) is 11.2 Å². The predicted octanol–water partition coefficient (Wildman–Crippen LogP) is 2.44. The first-order valence-corrected chi connectivity index (χ1v) is 6.76. The lowest BCUT2D eigenvalue weighted by atomic mass is 10.0. The van der Waals surface area contributed by atoms with Gasteiger partial charge in [0.05, 0.1) is 5.69 Å². The van der Waals surface area contributed by atoms with Crippen LogP contribution in [0.1, 0.15) is 25.3 Å². The summed E-state index contributed by atoms with van der Waals surface area (Å²) < 4.78 is 0. The van der Waals surface area contributed by atoms with Crippen LogP contribution in [0.5, 0.6) is 0 Å². The van der Waals surface area contributed by atoms with Crippen LogP contribution in [-0.2, 0) is 4.79 Å². The van der Waals surface area contributed by atoms with Crippen molar-refractivity contribution in [3.05, 3.63) is 23.8 Å². The smallest absolute Gasteiger partial charge is 0.239 e. The third-order valence-electron chi connectivity index (χ3n) is 2.88. The van der Waals surface area contributed by atoms with Crippen LogP contribution in [0.15, 0.2) is 23.1 Å². The Morgan fingerprint density at radius 1 is 1.47 bits per heavy atom. The highest BCUT2D eigenvalue weighted by molar-refractivity contribution is 8.01. The second-order valence-electron chi connectivity index (χ2n) is 4.53. The molecule has 3 nitrogen and oxygen atoms in total. The van der Waals surface area contributed by atoms with Gasteiger partial charge in [0.2, 0.25) is 5.91 Å². The van der Waals surface area contributed by atoms with Crippen LogP contribution in [-0.4, -0.2) is 24.7 Å². The van der Waals surface area contributed by atoms with Crippen molar-refractivity contribution in [3.8, 4) is 0 Å². The van der Waals surface area contributed by atoms with E-state index in [1.807, 2.05) is 7.05 Å². The Hall–Kier alpha value is -1.00. The number of thioether (sulfide) groups is 1. The molecule has 0 spiro atoms. The zero-order valence-electron chi connectivity index (χ0n) is 10.4. The minimum absolute atomic E-state index is 0.0325. The predicted molar refractivity (Wildman–Crippen MR) is 72.7 cm³/mol. The molecule has 0 bridgehead atoms. The summed E-state index contributed by atoms with van der Waals surface area (Å²) in [6.45, 7) is 4.99. The number of fused-ring (bicyclic) bond motifs is 1. The molecule has 2 rings (SSSR count). The molecular formula is C13H18N2OS. The van der Waals surface area contributed by atoms with E-state index in [9.17, 15) is 4.79 Å². The first-order chi connectivity index (χ1) is 8.13. The molecule has 1 amide bonds. The SMILES string of the molecule is CNCC1Sc2cccc(C(C)C)c2NC1=O. The van der Waals surface area contributed by atoms with E-state index < -0.39 is 0 Å². The molecule has 0 aliphatic carbocycles. The Bertz CT molecular complexity index is 431. The maximum absolute atomic E-state index is 11.9. The summed E-state index contributed by atoms with van der Waals surface area (Å²) >= 11 is 1.65. The fourth-order valence-electron chi connectivity index (χ4n) is 1.99. The number of rotatable bonds is 3. The van der Waals surface area contributed by atoms with Gasteiger partial charge >= 0.3 is 0 Å². The summed E-state index contributed by atoms with van der Waals surface area (Å²) in [4.78, 5) is 13.1. The van der Waals surface area contributed by atoms with Gasteiger partial charge in [0.1, 0.15) is 5.25 Å². The molecule has 1 aromatic carbocycles. The number of anilines is 1. The number of hydrogen-bond acceptors (Lipinski definition) is 3. The van der Waals surface area contributed by atoms with Crippen LogP contribution >= 0.6 is 11.8 Å². The molecule has 1 unspecified atom stereocenters. The van der Waals surface area contributed by atoms with Gasteiger partial charge in [-0.05, 0) is 24.6 Å². The van der Waals surface area contributed by atoms with Gasteiger partial charge < -0.3 is 10.6 Å². The Morgan fingerprint density at radius 2 is 2.24 bits per heavy atom. The molecule has 2 N–H and O–H groups in total. The van der Waals surface area contributed by atoms with Crippen LogP contribution < -0.4 is 10.6 Å². The molecule has 1 aliphatic heterocycles. The molecule has 0 saturated carbocycles. The fourth-order valence-corrected chi connectivity index (χ4v) is 3.16. The largest absolute Gasteiger partial charge is 0.324 e. The summed E-state index contributed by atoms with van der Waals surface area (Å²) in [5.74, 6) is 0.525. The molecule has 0 aromatic heterocycles. The van der Waals surface area contributed by atoms with E-state index in [2.05, 4.69) is 42.7 Å². The average Bonchev–Trinajstić information content (AvgIpc) is 2.29. The summed E-state index contributed by atoms with van der Waals surface area (Å²) in [6, 6.07) is 6.23. The summed E-state index contributed by atoms with van der Waals surface area (Å²) in [7, 11) is 1.87. The van der Waals surface area contributed by atoms with Crippen molar-refractivity contribution >= 4 is 23.4 Å². The quantitative estimate of drug-likeness (QED) is 0.865. The van der Waals surface area contributed by atoms with Crippen LogP contribution in [0.4, 0.5) is 5.69 Å². The van der Waals surface area contributed by atoms with Crippen LogP contribution in [0.25, 0.3) is 0 Å². The van der Waals surface area contributed by atoms with Gasteiger partial charge in [0.15, 0.2) is 0 Å². The maximum Gasteiger partial charge on any atom is 0.239 e. The molecule has 1 atom stereocenters. The number of hydrogen-bond donors (Lipinski definition) is 2. The van der Waals surface area contributed by atoms with E-state index in [0.717, 1.165) is 5.69 Å². The number of amides is 1. The first kappa shape index (κ1) is 12.5. The van der Waals surface area contributed by atoms with Crippen molar-refractivity contribution in [2.75, 3.05) is 18.9 Å². The van der Waals surface area contributed by atoms with Crippen LogP contribution in [0, 0.1) is 0 Å². The van der Waals surface area contributed by atoms with Gasteiger partial charge in [-0.2, -0.15) is 0 Å². The molecule has 1 aliphatic rings. The van der Waals surface area contributed by atoms with Crippen molar-refractivity contribution in [3.63, 3.8) is 0 Å². The Labute approximate surface area is 106 Å². The summed E-state index contributed by atoms with van der Waals surface area (Å²) in [5.41, 5.74) is 2.22. The van der Waals surface area contributed by atoms with E-state index in [4.69, 9.17) is 0 Å². The molecule has 0 radical (unpaired) electrons. The summed E-state index contributed by atoms with van der Waals surface area (Å²) in [6.07, 6.45) is 0. The highest BCUT2D eigenvalue weighted by Gasteiger charge is 2.28. The van der Waals surface area contributed by atoms with Gasteiger partial charge in [0.25, 0.3) is 0 Å². The molecule has 4 heteroatoms. The second-order valence-corrected chi connectivity index (χ2v) is 5.77. The number of benzene rings is 1. The van der Waals surface area contributed by atoms with Crippen molar-refractivity contribution in [1.29, 1.82) is 0 Å². The van der Waals surface area contributed by atoms with Crippen molar-refractivity contribution in [2.45, 2.75) is 29.9 Å². The molecule has 1 heterocycles.